The largest absolute Gasteiger partial charge is 0.486 e. The van der Waals surface area contributed by atoms with E-state index in [4.69, 9.17) is 4.74 Å². The van der Waals surface area contributed by atoms with Crippen LogP contribution in [0, 0.1) is 5.82 Å². The van der Waals surface area contributed by atoms with Crippen LogP contribution in [0.15, 0.2) is 83.7 Å². The summed E-state index contributed by atoms with van der Waals surface area (Å²) >= 11 is 0. The van der Waals surface area contributed by atoms with Gasteiger partial charge in [-0.15, -0.1) is 0 Å². The lowest BCUT2D eigenvalue weighted by molar-refractivity contribution is 0.290. The van der Waals surface area contributed by atoms with Gasteiger partial charge in [0, 0.05) is 0 Å². The maximum atomic E-state index is 13.1. The molecule has 0 fully saturated rings. The van der Waals surface area contributed by atoms with Gasteiger partial charge in [0.05, 0.1) is 17.4 Å². The highest BCUT2D eigenvalue weighted by atomic mass is 19.1. The molecule has 6 heteroatoms. The number of nitrogens with one attached hydrogen (secondary N) is 1. The molecule has 0 amide bonds. The first kappa shape index (κ1) is 17.7. The van der Waals surface area contributed by atoms with Gasteiger partial charge in [0.1, 0.15) is 18.2 Å². The third-order valence-electron chi connectivity index (χ3n) is 4.31. The Kier molecular flexibility index (Phi) is 5.01. The lowest BCUT2D eigenvalue weighted by Crippen LogP contribution is -2.33. The van der Waals surface area contributed by atoms with Crippen LogP contribution in [0.1, 0.15) is 11.4 Å². The third-order valence-corrected chi connectivity index (χ3v) is 4.31. The van der Waals surface area contributed by atoms with Crippen LogP contribution in [-0.4, -0.2) is 9.66 Å². The van der Waals surface area contributed by atoms with Crippen LogP contribution in [0.25, 0.3) is 10.9 Å². The molecule has 0 atom stereocenters. The van der Waals surface area contributed by atoms with E-state index in [-0.39, 0.29) is 18.0 Å². The molecule has 1 aromatic heterocycles. The normalized spacial score (nSPS) is 10.8. The maximum absolute atomic E-state index is 13.1. The predicted octanol–water partition coefficient (Wildman–Crippen LogP) is 3.86. The SMILES string of the molecule is O=c1c2ccccc2nc(COc2ccccc2)n1NCc1ccc(F)cc1. The molecule has 0 spiro atoms. The summed E-state index contributed by atoms with van der Waals surface area (Å²) in [5.41, 5.74) is 4.33. The van der Waals surface area contributed by atoms with Gasteiger partial charge in [-0.25, -0.2) is 14.1 Å². The molecule has 0 aliphatic heterocycles. The standard InChI is InChI=1S/C22H18FN3O2/c23-17-12-10-16(11-13-17)14-24-26-21(15-28-18-6-2-1-3-7-18)25-20-9-5-4-8-19(20)22(26)27/h1-13,24H,14-15H2. The van der Waals surface area contributed by atoms with Crippen molar-refractivity contribution in [3.8, 4) is 5.75 Å². The second kappa shape index (κ2) is 7.92. The monoisotopic (exact) mass is 375 g/mol. The number of aromatic nitrogens is 2. The summed E-state index contributed by atoms with van der Waals surface area (Å²) in [7, 11) is 0. The van der Waals surface area contributed by atoms with Crippen LogP contribution in [0.2, 0.25) is 0 Å². The third kappa shape index (κ3) is 3.86. The number of nitrogens with zero attached hydrogens (tertiary/aromatic N) is 2. The molecule has 4 aromatic rings. The molecule has 3 aromatic carbocycles. The second-order valence-corrected chi connectivity index (χ2v) is 6.25. The van der Waals surface area contributed by atoms with Gasteiger partial charge in [0.2, 0.25) is 0 Å². The maximum Gasteiger partial charge on any atom is 0.280 e. The van der Waals surface area contributed by atoms with Crippen molar-refractivity contribution in [2.75, 3.05) is 5.43 Å². The second-order valence-electron chi connectivity index (χ2n) is 6.25. The molecule has 0 aliphatic rings. The van der Waals surface area contributed by atoms with E-state index >= 15 is 0 Å². The molecule has 1 N–H and O–H groups in total. The number of para-hydroxylation sites is 2. The van der Waals surface area contributed by atoms with Gasteiger partial charge in [-0.1, -0.05) is 42.5 Å². The van der Waals surface area contributed by atoms with Crippen molar-refractivity contribution < 1.29 is 9.13 Å². The molecule has 0 unspecified atom stereocenters. The fraction of sp³-hybridized carbons (Fsp3) is 0.0909. The number of rotatable bonds is 6. The molecule has 0 aliphatic carbocycles. The summed E-state index contributed by atoms with van der Waals surface area (Å²) in [5.74, 6) is 0.842. The number of fused-ring (bicyclic) bond motifs is 1. The summed E-state index contributed by atoms with van der Waals surface area (Å²) in [6, 6.07) is 22.6. The van der Waals surface area contributed by atoms with E-state index < -0.39 is 0 Å². The van der Waals surface area contributed by atoms with E-state index in [9.17, 15) is 9.18 Å². The van der Waals surface area contributed by atoms with Crippen molar-refractivity contribution >= 4 is 10.9 Å². The molecule has 0 saturated heterocycles. The van der Waals surface area contributed by atoms with Crippen LogP contribution < -0.4 is 15.7 Å². The Balaban J connectivity index is 1.66. The molecule has 28 heavy (non-hydrogen) atoms. The first-order valence-electron chi connectivity index (χ1n) is 8.87. The number of halogens is 1. The molecule has 140 valence electrons. The summed E-state index contributed by atoms with van der Waals surface area (Å²) < 4.78 is 20.3. The zero-order valence-corrected chi connectivity index (χ0v) is 15.0. The lowest BCUT2D eigenvalue weighted by atomic mass is 10.2. The first-order valence-corrected chi connectivity index (χ1v) is 8.87. The molecule has 1 heterocycles. The van der Waals surface area contributed by atoms with Crippen LogP contribution in [0.4, 0.5) is 4.39 Å². The van der Waals surface area contributed by atoms with Crippen molar-refractivity contribution in [1.29, 1.82) is 0 Å². The quantitative estimate of drug-likeness (QED) is 0.556. The highest BCUT2D eigenvalue weighted by molar-refractivity contribution is 5.77. The average Bonchev–Trinajstić information content (AvgIpc) is 2.74. The van der Waals surface area contributed by atoms with Gasteiger partial charge in [-0.3, -0.25) is 4.79 Å². The van der Waals surface area contributed by atoms with Crippen molar-refractivity contribution in [1.82, 2.24) is 9.66 Å². The van der Waals surface area contributed by atoms with Crippen molar-refractivity contribution in [2.24, 2.45) is 0 Å². The topological polar surface area (TPSA) is 56.1 Å². The summed E-state index contributed by atoms with van der Waals surface area (Å²) in [6.07, 6.45) is 0. The Morgan fingerprint density at radius 3 is 2.43 bits per heavy atom. The Morgan fingerprint density at radius 2 is 1.64 bits per heavy atom. The Labute approximate surface area is 161 Å². The molecule has 0 saturated carbocycles. The van der Waals surface area contributed by atoms with Crippen LogP contribution in [0.5, 0.6) is 5.75 Å². The summed E-state index contributed by atoms with van der Waals surface area (Å²) in [5, 5.41) is 0.512. The van der Waals surface area contributed by atoms with E-state index in [1.165, 1.54) is 16.8 Å². The average molecular weight is 375 g/mol. The first-order chi connectivity index (χ1) is 13.7. The summed E-state index contributed by atoms with van der Waals surface area (Å²) in [6.45, 7) is 0.471. The van der Waals surface area contributed by atoms with Gasteiger partial charge in [0.15, 0.2) is 5.82 Å². The van der Waals surface area contributed by atoms with Crippen LogP contribution in [0.3, 0.4) is 0 Å². The number of benzene rings is 3. The minimum Gasteiger partial charge on any atom is -0.486 e. The van der Waals surface area contributed by atoms with Gasteiger partial charge < -0.3 is 10.2 Å². The zero-order valence-electron chi connectivity index (χ0n) is 15.0. The fourth-order valence-electron chi connectivity index (χ4n) is 2.88. The Hall–Kier alpha value is -3.67. The van der Waals surface area contributed by atoms with Crippen molar-refractivity contribution in [3.63, 3.8) is 0 Å². The van der Waals surface area contributed by atoms with Gasteiger partial charge in [-0.2, -0.15) is 0 Å². The minimum absolute atomic E-state index is 0.126. The Morgan fingerprint density at radius 1 is 0.929 bits per heavy atom. The van der Waals surface area contributed by atoms with Gasteiger partial charge in [0.25, 0.3) is 5.56 Å². The van der Waals surface area contributed by atoms with Crippen molar-refractivity contribution in [2.45, 2.75) is 13.2 Å². The van der Waals surface area contributed by atoms with E-state index in [0.29, 0.717) is 29.0 Å². The highest BCUT2D eigenvalue weighted by Gasteiger charge is 2.11. The molecular weight excluding hydrogens is 357 g/mol. The summed E-state index contributed by atoms with van der Waals surface area (Å²) in [4.78, 5) is 17.6. The molecule has 0 bridgehead atoms. The van der Waals surface area contributed by atoms with Gasteiger partial charge in [-0.05, 0) is 42.0 Å². The molecule has 4 rings (SSSR count). The number of hydrogen-bond donors (Lipinski definition) is 1. The van der Waals surface area contributed by atoms with E-state index in [1.54, 1.807) is 30.3 Å². The Bertz CT molecular complexity index is 1140. The zero-order chi connectivity index (χ0) is 19.3. The van der Waals surface area contributed by atoms with E-state index in [2.05, 4.69) is 10.4 Å². The highest BCUT2D eigenvalue weighted by Crippen LogP contribution is 2.13. The van der Waals surface area contributed by atoms with Gasteiger partial charge >= 0.3 is 0 Å². The van der Waals surface area contributed by atoms with Crippen LogP contribution >= 0.6 is 0 Å². The molecule has 5 nitrogen and oxygen atoms in total. The fourth-order valence-corrected chi connectivity index (χ4v) is 2.88. The van der Waals surface area contributed by atoms with Crippen LogP contribution in [-0.2, 0) is 13.2 Å². The molecule has 0 radical (unpaired) electrons. The minimum atomic E-state index is -0.301. The van der Waals surface area contributed by atoms with E-state index in [0.717, 1.165) is 5.56 Å². The van der Waals surface area contributed by atoms with Crippen molar-refractivity contribution in [3.05, 3.63) is 106 Å². The predicted molar refractivity (Wildman–Crippen MR) is 106 cm³/mol. The lowest BCUT2D eigenvalue weighted by Gasteiger charge is -2.16. The number of hydrogen-bond acceptors (Lipinski definition) is 4. The molecular formula is C22H18FN3O2. The smallest absolute Gasteiger partial charge is 0.280 e. The number of ether oxygens (including phenoxy) is 1. The van der Waals surface area contributed by atoms with E-state index in [1.807, 2.05) is 36.4 Å².